The molecule has 0 saturated carbocycles. The van der Waals surface area contributed by atoms with Crippen LogP contribution in [0.3, 0.4) is 0 Å². The maximum absolute atomic E-state index is 11.7. The number of hydrogen-bond acceptors (Lipinski definition) is 2. The number of carbonyl (C=O) groups is 1. The molecule has 0 aromatic heterocycles. The van der Waals surface area contributed by atoms with Crippen molar-refractivity contribution in [1.82, 2.24) is 0 Å². The molecule has 0 aliphatic carbocycles. The molecule has 0 amide bonds. The number of benzene rings is 1. The molecule has 16 heavy (non-hydrogen) atoms. The van der Waals surface area contributed by atoms with E-state index in [4.69, 9.17) is 0 Å². The average molecular weight is 417 g/mol. The van der Waals surface area contributed by atoms with E-state index in [-0.39, 0.29) is 0 Å². The van der Waals surface area contributed by atoms with Crippen LogP contribution in [-0.4, -0.2) is 12.1 Å². The Balaban J connectivity index is 2.37. The first-order valence-corrected chi connectivity index (χ1v) is 9.87. The van der Waals surface area contributed by atoms with Crippen molar-refractivity contribution in [2.24, 2.45) is 0 Å². The Bertz CT molecular complexity index is 373. The summed E-state index contributed by atoms with van der Waals surface area (Å²) in [5, 5.41) is 0. The van der Waals surface area contributed by atoms with Crippen LogP contribution < -0.4 is 0 Å². The number of alkyl halides is 3. The minimum absolute atomic E-state index is 0.880. The van der Waals surface area contributed by atoms with E-state index in [1.807, 2.05) is 30.3 Å². The van der Waals surface area contributed by atoms with Crippen LogP contribution in [0.2, 0.25) is 0 Å². The molecular formula is C10H7F3HgO2. The van der Waals surface area contributed by atoms with Gasteiger partial charge in [-0.05, 0) is 0 Å². The summed E-state index contributed by atoms with van der Waals surface area (Å²) in [6.07, 6.45) is -3.20. The number of hydrogen-bond donors (Lipinski definition) is 0. The Morgan fingerprint density at radius 2 is 1.88 bits per heavy atom. The van der Waals surface area contributed by atoms with Crippen LogP contribution >= 0.6 is 0 Å². The Morgan fingerprint density at radius 3 is 2.44 bits per heavy atom. The van der Waals surface area contributed by atoms with E-state index in [2.05, 4.69) is 2.64 Å². The van der Waals surface area contributed by atoms with Gasteiger partial charge in [-0.2, -0.15) is 0 Å². The minimum atomic E-state index is -4.87. The van der Waals surface area contributed by atoms with E-state index in [1.54, 1.807) is 9.66 Å². The van der Waals surface area contributed by atoms with E-state index in [0.717, 1.165) is 5.56 Å². The summed E-state index contributed by atoms with van der Waals surface area (Å²) in [5.41, 5.74) is 0.880. The summed E-state index contributed by atoms with van der Waals surface area (Å²) >= 11 is -2.34. The van der Waals surface area contributed by atoms with Gasteiger partial charge in [0.05, 0.1) is 0 Å². The van der Waals surface area contributed by atoms with Gasteiger partial charge in [-0.15, -0.1) is 0 Å². The number of halogens is 3. The Hall–Kier alpha value is -0.845. The Kier molecular flexibility index (Phi) is 4.98. The van der Waals surface area contributed by atoms with Crippen molar-refractivity contribution in [3.63, 3.8) is 0 Å². The maximum atomic E-state index is 11.7. The third kappa shape index (κ3) is 4.78. The fraction of sp³-hybridized carbons (Fsp3) is 0.100. The fourth-order valence-corrected chi connectivity index (χ4v) is 3.98. The quantitative estimate of drug-likeness (QED) is 0.708. The number of rotatable bonds is 3. The van der Waals surface area contributed by atoms with Crippen LogP contribution in [-0.2, 0) is 32.5 Å². The molecule has 2 nitrogen and oxygen atoms in total. The monoisotopic (exact) mass is 418 g/mol. The molecule has 1 aromatic rings. The van der Waals surface area contributed by atoms with Crippen LogP contribution in [0.15, 0.2) is 33.9 Å². The standard InChI is InChI=1S/C8H7.C2HF3O2.Hg/c1-2-8-6-4-3-5-7-8;3-2(4,5)1(6)7;/h1-7H;(H,6,7);/q;;+1/p-1. The van der Waals surface area contributed by atoms with Crippen LogP contribution in [0.4, 0.5) is 13.2 Å². The molecule has 0 spiro atoms. The first-order chi connectivity index (χ1) is 7.50. The van der Waals surface area contributed by atoms with Gasteiger partial charge in [0.2, 0.25) is 0 Å². The van der Waals surface area contributed by atoms with Gasteiger partial charge in [-0.1, -0.05) is 0 Å². The normalized spacial score (nSPS) is 11.2. The van der Waals surface area contributed by atoms with E-state index in [0.29, 0.717) is 0 Å². The molecule has 0 bridgehead atoms. The topological polar surface area (TPSA) is 26.3 Å². The predicted molar refractivity (Wildman–Crippen MR) is 47.6 cm³/mol. The Labute approximate surface area is 103 Å². The van der Waals surface area contributed by atoms with Crippen LogP contribution in [0.5, 0.6) is 0 Å². The molecule has 0 atom stereocenters. The summed E-state index contributed by atoms with van der Waals surface area (Å²) in [4.78, 5) is 10.4. The van der Waals surface area contributed by atoms with Gasteiger partial charge >= 0.3 is 103 Å². The molecule has 82 valence electrons. The second-order valence-electron chi connectivity index (χ2n) is 2.91. The van der Waals surface area contributed by atoms with Crippen molar-refractivity contribution in [1.29, 1.82) is 0 Å². The fourth-order valence-electron chi connectivity index (χ4n) is 0.954. The first kappa shape index (κ1) is 13.2. The summed E-state index contributed by atoms with van der Waals surface area (Å²) in [5.74, 6) is -2.08. The summed E-state index contributed by atoms with van der Waals surface area (Å²) < 4.78 is 41.0. The van der Waals surface area contributed by atoms with Crippen LogP contribution in [0, 0.1) is 0 Å². The van der Waals surface area contributed by atoms with Crippen molar-refractivity contribution in [3.8, 4) is 0 Å². The molecule has 0 radical (unpaired) electrons. The zero-order valence-corrected chi connectivity index (χ0v) is 13.7. The Morgan fingerprint density at radius 1 is 1.25 bits per heavy atom. The molecule has 1 rings (SSSR count). The van der Waals surface area contributed by atoms with E-state index in [1.165, 1.54) is 0 Å². The van der Waals surface area contributed by atoms with Gasteiger partial charge in [-0.3, -0.25) is 0 Å². The molecule has 0 N–H and O–H groups in total. The second kappa shape index (κ2) is 6.03. The average Bonchev–Trinajstić information content (AvgIpc) is 2.24. The SMILES string of the molecule is O=C([O][Hg][CH]=Cc1ccccc1)C(F)(F)F. The molecule has 0 fully saturated rings. The van der Waals surface area contributed by atoms with Crippen LogP contribution in [0.25, 0.3) is 6.08 Å². The molecule has 0 saturated heterocycles. The first-order valence-electron chi connectivity index (χ1n) is 4.45. The van der Waals surface area contributed by atoms with Gasteiger partial charge in [0.15, 0.2) is 0 Å². The van der Waals surface area contributed by atoms with Crippen molar-refractivity contribution >= 4 is 12.0 Å². The molecule has 0 heterocycles. The van der Waals surface area contributed by atoms with Gasteiger partial charge in [-0.25, -0.2) is 0 Å². The van der Waals surface area contributed by atoms with E-state index >= 15 is 0 Å². The van der Waals surface area contributed by atoms with Crippen LogP contribution in [0.1, 0.15) is 5.56 Å². The molecule has 0 unspecified atom stereocenters. The van der Waals surface area contributed by atoms with Gasteiger partial charge in [0.25, 0.3) is 0 Å². The van der Waals surface area contributed by atoms with Crippen molar-refractivity contribution in [2.45, 2.75) is 6.18 Å². The van der Waals surface area contributed by atoms with Crippen molar-refractivity contribution in [3.05, 3.63) is 39.5 Å². The second-order valence-corrected chi connectivity index (χ2v) is 7.16. The van der Waals surface area contributed by atoms with Gasteiger partial charge < -0.3 is 0 Å². The summed E-state index contributed by atoms with van der Waals surface area (Å²) in [6, 6.07) is 9.10. The van der Waals surface area contributed by atoms with E-state index in [9.17, 15) is 18.0 Å². The molecule has 0 aliphatic rings. The molecule has 0 aliphatic heterocycles. The third-order valence-electron chi connectivity index (χ3n) is 1.65. The third-order valence-corrected chi connectivity index (χ3v) is 4.98. The van der Waals surface area contributed by atoms with Crippen molar-refractivity contribution < 1.29 is 45.6 Å². The predicted octanol–water partition coefficient (Wildman–Crippen LogP) is 2.76. The van der Waals surface area contributed by atoms with Gasteiger partial charge in [0.1, 0.15) is 0 Å². The van der Waals surface area contributed by atoms with Crippen molar-refractivity contribution in [2.75, 3.05) is 0 Å². The molecule has 1 aromatic carbocycles. The summed E-state index contributed by atoms with van der Waals surface area (Å²) in [6.45, 7) is 0. The number of carbonyl (C=O) groups excluding carboxylic acids is 1. The van der Waals surface area contributed by atoms with Gasteiger partial charge in [0, 0.05) is 0 Å². The zero-order chi connectivity index (χ0) is 12.0. The molecular weight excluding hydrogens is 410 g/mol. The zero-order valence-electron chi connectivity index (χ0n) is 8.20. The summed E-state index contributed by atoms with van der Waals surface area (Å²) in [7, 11) is 0. The van der Waals surface area contributed by atoms with E-state index < -0.39 is 37.2 Å². The molecule has 6 heteroatoms.